The molecule has 0 unspecified atom stereocenters. The summed E-state index contributed by atoms with van der Waals surface area (Å²) in [6.45, 7) is 2.30. The van der Waals surface area contributed by atoms with Crippen LogP contribution in [0.15, 0.2) is 48.5 Å². The van der Waals surface area contributed by atoms with Crippen molar-refractivity contribution in [3.63, 3.8) is 0 Å². The summed E-state index contributed by atoms with van der Waals surface area (Å²) in [6.07, 6.45) is 1.15. The Labute approximate surface area is 172 Å². The molecule has 0 saturated carbocycles. The van der Waals surface area contributed by atoms with Gasteiger partial charge in [-0.2, -0.15) is 0 Å². The zero-order valence-electron chi connectivity index (χ0n) is 17.4. The van der Waals surface area contributed by atoms with Crippen molar-refractivity contribution in [3.8, 4) is 5.75 Å². The molecular formula is C23H29N3O3. The molecule has 0 aromatic heterocycles. The van der Waals surface area contributed by atoms with Crippen LogP contribution in [0, 0.1) is 0 Å². The quantitative estimate of drug-likeness (QED) is 0.755. The van der Waals surface area contributed by atoms with Gasteiger partial charge in [0.25, 0.3) is 5.91 Å². The Bertz CT molecular complexity index is 841. The molecule has 6 nitrogen and oxygen atoms in total. The number of nitrogens with zero attached hydrogens (tertiary/aromatic N) is 3. The number of methoxy groups -OCH3 is 1. The van der Waals surface area contributed by atoms with Crippen LogP contribution < -0.4 is 9.64 Å². The summed E-state index contributed by atoms with van der Waals surface area (Å²) in [5.41, 5.74) is 2.84. The minimum Gasteiger partial charge on any atom is -0.497 e. The highest BCUT2D eigenvalue weighted by atomic mass is 16.5. The Morgan fingerprint density at radius 1 is 0.966 bits per heavy atom. The van der Waals surface area contributed by atoms with E-state index >= 15 is 0 Å². The van der Waals surface area contributed by atoms with E-state index in [2.05, 4.69) is 0 Å². The minimum absolute atomic E-state index is 0.0267. The second-order valence-electron chi connectivity index (χ2n) is 7.47. The SMILES string of the molecule is COc1cccc(CCC(=O)N2CCN(C(=O)c3ccc(N(C)C)cc3)CC2)c1. The van der Waals surface area contributed by atoms with Gasteiger partial charge in [-0.25, -0.2) is 0 Å². The Hall–Kier alpha value is -3.02. The first-order chi connectivity index (χ1) is 14.0. The predicted molar refractivity (Wildman–Crippen MR) is 115 cm³/mol. The number of aryl methyl sites for hydroxylation is 1. The number of rotatable bonds is 6. The zero-order chi connectivity index (χ0) is 20.8. The fraction of sp³-hybridized carbons (Fsp3) is 0.391. The van der Waals surface area contributed by atoms with Crippen molar-refractivity contribution < 1.29 is 14.3 Å². The van der Waals surface area contributed by atoms with Crippen LogP contribution in [0.4, 0.5) is 5.69 Å². The van der Waals surface area contributed by atoms with Crippen molar-refractivity contribution in [2.24, 2.45) is 0 Å². The van der Waals surface area contributed by atoms with Crippen LogP contribution in [0.1, 0.15) is 22.3 Å². The first-order valence-electron chi connectivity index (χ1n) is 9.95. The predicted octanol–water partition coefficient (Wildman–Crippen LogP) is 2.68. The topological polar surface area (TPSA) is 53.1 Å². The van der Waals surface area contributed by atoms with Gasteiger partial charge in [-0.05, 0) is 48.4 Å². The molecule has 0 aliphatic carbocycles. The molecule has 6 heteroatoms. The van der Waals surface area contributed by atoms with E-state index in [4.69, 9.17) is 4.74 Å². The summed E-state index contributed by atoms with van der Waals surface area (Å²) in [6, 6.07) is 15.4. The molecule has 1 aliphatic rings. The number of amides is 2. The lowest BCUT2D eigenvalue weighted by atomic mass is 10.1. The van der Waals surface area contributed by atoms with Crippen LogP contribution >= 0.6 is 0 Å². The van der Waals surface area contributed by atoms with Gasteiger partial charge in [0.05, 0.1) is 7.11 Å². The summed E-state index contributed by atoms with van der Waals surface area (Å²) < 4.78 is 5.23. The first-order valence-corrected chi connectivity index (χ1v) is 9.95. The monoisotopic (exact) mass is 395 g/mol. The normalized spacial score (nSPS) is 13.9. The van der Waals surface area contributed by atoms with E-state index in [1.54, 1.807) is 7.11 Å². The minimum atomic E-state index is 0.0267. The molecule has 0 bridgehead atoms. The Kier molecular flexibility index (Phi) is 6.75. The number of hydrogen-bond acceptors (Lipinski definition) is 4. The Morgan fingerprint density at radius 3 is 2.24 bits per heavy atom. The molecule has 2 amide bonds. The Balaban J connectivity index is 1.49. The molecule has 0 radical (unpaired) electrons. The number of carbonyl (C=O) groups is 2. The van der Waals surface area contributed by atoms with Gasteiger partial charge in [-0.15, -0.1) is 0 Å². The molecule has 2 aromatic carbocycles. The number of hydrogen-bond donors (Lipinski definition) is 0. The first kappa shape index (κ1) is 20.7. The summed E-state index contributed by atoms with van der Waals surface area (Å²) >= 11 is 0. The summed E-state index contributed by atoms with van der Waals surface area (Å²) in [5.74, 6) is 0.967. The number of carbonyl (C=O) groups excluding carboxylic acids is 2. The van der Waals surface area contributed by atoms with E-state index in [1.165, 1.54) is 0 Å². The van der Waals surface area contributed by atoms with Gasteiger partial charge in [-0.1, -0.05) is 12.1 Å². The summed E-state index contributed by atoms with van der Waals surface area (Å²) in [5, 5.41) is 0. The third-order valence-corrected chi connectivity index (χ3v) is 5.31. The highest BCUT2D eigenvalue weighted by Crippen LogP contribution is 2.17. The van der Waals surface area contributed by atoms with Crippen molar-refractivity contribution in [1.82, 2.24) is 9.80 Å². The Morgan fingerprint density at radius 2 is 1.62 bits per heavy atom. The average molecular weight is 396 g/mol. The average Bonchev–Trinajstić information content (AvgIpc) is 2.77. The van der Waals surface area contributed by atoms with E-state index in [9.17, 15) is 9.59 Å². The van der Waals surface area contributed by atoms with Crippen LogP contribution in [-0.4, -0.2) is 69.0 Å². The highest BCUT2D eigenvalue weighted by Gasteiger charge is 2.24. The van der Waals surface area contributed by atoms with Gasteiger partial charge in [0.2, 0.25) is 5.91 Å². The summed E-state index contributed by atoms with van der Waals surface area (Å²) in [4.78, 5) is 31.0. The molecule has 1 fully saturated rings. The highest BCUT2D eigenvalue weighted by molar-refractivity contribution is 5.94. The lowest BCUT2D eigenvalue weighted by Gasteiger charge is -2.35. The maximum atomic E-state index is 12.7. The van der Waals surface area contributed by atoms with E-state index in [0.717, 1.165) is 17.0 Å². The van der Waals surface area contributed by atoms with Gasteiger partial charge < -0.3 is 19.4 Å². The van der Waals surface area contributed by atoms with Crippen molar-refractivity contribution in [2.45, 2.75) is 12.8 Å². The maximum Gasteiger partial charge on any atom is 0.253 e. The maximum absolute atomic E-state index is 12.7. The largest absolute Gasteiger partial charge is 0.497 e. The fourth-order valence-corrected chi connectivity index (χ4v) is 3.48. The van der Waals surface area contributed by atoms with Crippen LogP contribution in [0.3, 0.4) is 0 Å². The number of ether oxygens (including phenoxy) is 1. The van der Waals surface area contributed by atoms with Gasteiger partial charge in [0.15, 0.2) is 0 Å². The zero-order valence-corrected chi connectivity index (χ0v) is 17.4. The molecule has 1 heterocycles. The number of benzene rings is 2. The van der Waals surface area contributed by atoms with E-state index in [1.807, 2.05) is 77.3 Å². The van der Waals surface area contributed by atoms with E-state index in [-0.39, 0.29) is 11.8 Å². The van der Waals surface area contributed by atoms with Crippen LogP contribution in [0.5, 0.6) is 5.75 Å². The molecule has 3 rings (SSSR count). The van der Waals surface area contributed by atoms with Crippen LogP contribution in [0.2, 0.25) is 0 Å². The molecule has 0 atom stereocenters. The molecule has 1 saturated heterocycles. The molecule has 2 aromatic rings. The van der Waals surface area contributed by atoms with Crippen molar-refractivity contribution in [3.05, 3.63) is 59.7 Å². The van der Waals surface area contributed by atoms with E-state index < -0.39 is 0 Å². The van der Waals surface area contributed by atoms with E-state index in [0.29, 0.717) is 44.6 Å². The van der Waals surface area contributed by atoms with Gasteiger partial charge >= 0.3 is 0 Å². The number of piperazine rings is 1. The van der Waals surface area contributed by atoms with Crippen molar-refractivity contribution >= 4 is 17.5 Å². The molecule has 0 N–H and O–H groups in total. The van der Waals surface area contributed by atoms with Crippen molar-refractivity contribution in [1.29, 1.82) is 0 Å². The smallest absolute Gasteiger partial charge is 0.253 e. The fourth-order valence-electron chi connectivity index (χ4n) is 3.48. The summed E-state index contributed by atoms with van der Waals surface area (Å²) in [7, 11) is 5.59. The third kappa shape index (κ3) is 5.28. The molecular weight excluding hydrogens is 366 g/mol. The van der Waals surface area contributed by atoms with Gasteiger partial charge in [0.1, 0.15) is 5.75 Å². The second-order valence-corrected chi connectivity index (χ2v) is 7.47. The third-order valence-electron chi connectivity index (χ3n) is 5.31. The molecule has 1 aliphatic heterocycles. The lowest BCUT2D eigenvalue weighted by molar-refractivity contribution is -0.132. The number of anilines is 1. The van der Waals surface area contributed by atoms with Gasteiger partial charge in [0, 0.05) is 57.9 Å². The molecule has 29 heavy (non-hydrogen) atoms. The molecule has 0 spiro atoms. The van der Waals surface area contributed by atoms with Crippen molar-refractivity contribution in [2.75, 3.05) is 52.3 Å². The molecule has 154 valence electrons. The van der Waals surface area contributed by atoms with Crippen LogP contribution in [0.25, 0.3) is 0 Å². The lowest BCUT2D eigenvalue weighted by Crippen LogP contribution is -2.50. The second kappa shape index (κ2) is 9.45. The van der Waals surface area contributed by atoms with Gasteiger partial charge in [-0.3, -0.25) is 9.59 Å². The standard InChI is InChI=1S/C23H29N3O3/c1-24(2)20-10-8-19(9-11-20)23(28)26-15-13-25(14-16-26)22(27)12-7-18-5-4-6-21(17-18)29-3/h4-6,8-11,17H,7,12-16H2,1-3H3. The van der Waals surface area contributed by atoms with Crippen LogP contribution in [-0.2, 0) is 11.2 Å².